The minimum Gasteiger partial charge on any atom is -0.478 e. The number of carboxylic acids is 1. The van der Waals surface area contributed by atoms with Crippen LogP contribution in [0, 0.1) is 6.92 Å². The van der Waals surface area contributed by atoms with Crippen LogP contribution in [0.15, 0.2) is 33.2 Å². The van der Waals surface area contributed by atoms with Crippen LogP contribution in [0.4, 0.5) is 0 Å². The third-order valence-electron chi connectivity index (χ3n) is 1.85. The molecule has 0 atom stereocenters. The monoisotopic (exact) mass is 270 g/mol. The first kappa shape index (κ1) is 11.9. The van der Waals surface area contributed by atoms with E-state index in [1.807, 2.05) is 0 Å². The lowest BCUT2D eigenvalue weighted by Gasteiger charge is -2.00. The Kier molecular flexibility index (Phi) is 3.35. The summed E-state index contributed by atoms with van der Waals surface area (Å²) in [4.78, 5) is 18.9. The number of hydrogen-bond acceptors (Lipinski definition) is 5. The van der Waals surface area contributed by atoms with Gasteiger partial charge in [0.15, 0.2) is 0 Å². The van der Waals surface area contributed by atoms with Gasteiger partial charge in [0.25, 0.3) is 5.22 Å². The largest absolute Gasteiger partial charge is 0.478 e. The SMILES string of the molecule is Cc1coc(Sc2cc(C(=O)O)c(Cl)cn2)n1. The Morgan fingerprint density at radius 1 is 1.59 bits per heavy atom. The first-order chi connectivity index (χ1) is 8.06. The van der Waals surface area contributed by atoms with E-state index in [0.717, 1.165) is 17.5 Å². The molecule has 5 nitrogen and oxygen atoms in total. The fourth-order valence-corrected chi connectivity index (χ4v) is 2.04. The second-order valence-corrected chi connectivity index (χ2v) is 4.54. The molecule has 0 fully saturated rings. The molecule has 0 saturated carbocycles. The predicted molar refractivity (Wildman–Crippen MR) is 61.6 cm³/mol. The summed E-state index contributed by atoms with van der Waals surface area (Å²) in [7, 11) is 0. The average molecular weight is 271 g/mol. The number of halogens is 1. The van der Waals surface area contributed by atoms with Gasteiger partial charge in [0.2, 0.25) is 0 Å². The third kappa shape index (κ3) is 2.78. The van der Waals surface area contributed by atoms with Gasteiger partial charge in [0.1, 0.15) is 11.3 Å². The van der Waals surface area contributed by atoms with E-state index in [1.165, 1.54) is 18.5 Å². The van der Waals surface area contributed by atoms with Gasteiger partial charge in [-0.3, -0.25) is 0 Å². The topological polar surface area (TPSA) is 76.2 Å². The van der Waals surface area contributed by atoms with Crippen LogP contribution in [0.1, 0.15) is 16.1 Å². The molecule has 1 N–H and O–H groups in total. The molecule has 0 aromatic carbocycles. The molecule has 2 rings (SSSR count). The maximum atomic E-state index is 10.9. The number of oxazole rings is 1. The van der Waals surface area contributed by atoms with E-state index in [-0.39, 0.29) is 10.6 Å². The van der Waals surface area contributed by atoms with Crippen molar-refractivity contribution in [3.05, 3.63) is 34.8 Å². The summed E-state index contributed by atoms with van der Waals surface area (Å²) in [5.41, 5.74) is 0.757. The summed E-state index contributed by atoms with van der Waals surface area (Å²) in [6.07, 6.45) is 2.81. The Balaban J connectivity index is 2.28. The number of carbonyl (C=O) groups is 1. The normalized spacial score (nSPS) is 10.5. The number of aryl methyl sites for hydroxylation is 1. The number of carboxylic acid groups (broad SMARTS) is 1. The molecule has 0 aliphatic heterocycles. The first-order valence-corrected chi connectivity index (χ1v) is 5.74. The molecule has 17 heavy (non-hydrogen) atoms. The maximum Gasteiger partial charge on any atom is 0.337 e. The van der Waals surface area contributed by atoms with E-state index in [1.54, 1.807) is 6.92 Å². The van der Waals surface area contributed by atoms with Crippen molar-refractivity contribution in [3.63, 3.8) is 0 Å². The Morgan fingerprint density at radius 2 is 2.35 bits per heavy atom. The Hall–Kier alpha value is -1.53. The van der Waals surface area contributed by atoms with Crippen LogP contribution in [-0.2, 0) is 0 Å². The lowest BCUT2D eigenvalue weighted by molar-refractivity contribution is 0.0696. The molecule has 0 aliphatic carbocycles. The summed E-state index contributed by atoms with van der Waals surface area (Å²) < 4.78 is 5.13. The van der Waals surface area contributed by atoms with Gasteiger partial charge in [-0.05, 0) is 24.8 Å². The number of hydrogen-bond donors (Lipinski definition) is 1. The Morgan fingerprint density at radius 3 is 2.94 bits per heavy atom. The van der Waals surface area contributed by atoms with Gasteiger partial charge in [-0.2, -0.15) is 0 Å². The summed E-state index contributed by atoms with van der Waals surface area (Å²) in [6, 6.07) is 1.38. The summed E-state index contributed by atoms with van der Waals surface area (Å²) >= 11 is 6.84. The summed E-state index contributed by atoms with van der Waals surface area (Å²) in [5.74, 6) is -1.09. The van der Waals surface area contributed by atoms with E-state index >= 15 is 0 Å². The molecule has 2 heterocycles. The van der Waals surface area contributed by atoms with Gasteiger partial charge >= 0.3 is 5.97 Å². The number of pyridine rings is 1. The lowest BCUT2D eigenvalue weighted by Crippen LogP contribution is -1.98. The fourth-order valence-electron chi connectivity index (χ4n) is 1.11. The van der Waals surface area contributed by atoms with Gasteiger partial charge < -0.3 is 9.52 Å². The average Bonchev–Trinajstić information content (AvgIpc) is 2.66. The van der Waals surface area contributed by atoms with E-state index in [9.17, 15) is 4.79 Å². The summed E-state index contributed by atoms with van der Waals surface area (Å²) in [6.45, 7) is 1.80. The van der Waals surface area contributed by atoms with Crippen molar-refractivity contribution in [2.75, 3.05) is 0 Å². The van der Waals surface area contributed by atoms with Crippen molar-refractivity contribution < 1.29 is 14.3 Å². The van der Waals surface area contributed by atoms with Gasteiger partial charge in [0.05, 0.1) is 16.3 Å². The number of aromatic carboxylic acids is 1. The molecular formula is C10H7ClN2O3S. The van der Waals surface area contributed by atoms with Crippen LogP contribution in [-0.4, -0.2) is 21.0 Å². The molecule has 0 radical (unpaired) electrons. The first-order valence-electron chi connectivity index (χ1n) is 4.55. The number of nitrogens with zero attached hydrogens (tertiary/aromatic N) is 2. The van der Waals surface area contributed by atoms with Crippen LogP contribution in [0.5, 0.6) is 0 Å². The second-order valence-electron chi connectivity index (χ2n) is 3.16. The zero-order chi connectivity index (χ0) is 12.4. The minimum atomic E-state index is -1.09. The molecule has 0 bridgehead atoms. The fraction of sp³-hybridized carbons (Fsp3) is 0.100. The van der Waals surface area contributed by atoms with Gasteiger partial charge in [-0.25, -0.2) is 14.8 Å². The predicted octanol–water partition coefficient (Wildman–Crippen LogP) is 2.88. The molecule has 0 spiro atoms. The zero-order valence-corrected chi connectivity index (χ0v) is 10.2. The molecule has 7 heteroatoms. The van der Waals surface area contributed by atoms with Crippen molar-refractivity contribution in [3.8, 4) is 0 Å². The number of rotatable bonds is 3. The lowest BCUT2D eigenvalue weighted by atomic mass is 10.3. The zero-order valence-electron chi connectivity index (χ0n) is 8.68. The quantitative estimate of drug-likeness (QED) is 0.924. The smallest absolute Gasteiger partial charge is 0.337 e. The van der Waals surface area contributed by atoms with Crippen molar-refractivity contribution in [2.45, 2.75) is 17.2 Å². The van der Waals surface area contributed by atoms with Gasteiger partial charge in [0, 0.05) is 6.20 Å². The molecule has 2 aromatic rings. The third-order valence-corrected chi connectivity index (χ3v) is 2.95. The maximum absolute atomic E-state index is 10.9. The summed E-state index contributed by atoms with van der Waals surface area (Å²) in [5, 5.41) is 9.88. The highest BCUT2D eigenvalue weighted by Crippen LogP contribution is 2.27. The van der Waals surface area contributed by atoms with Crippen molar-refractivity contribution in [1.29, 1.82) is 0 Å². The van der Waals surface area contributed by atoms with Crippen molar-refractivity contribution in [2.24, 2.45) is 0 Å². The number of aromatic nitrogens is 2. The molecule has 0 saturated heterocycles. The standard InChI is InChI=1S/C10H7ClN2O3S/c1-5-4-16-10(13-5)17-8-2-6(9(14)15)7(11)3-12-8/h2-4H,1H3,(H,14,15). The van der Waals surface area contributed by atoms with E-state index in [2.05, 4.69) is 9.97 Å². The highest BCUT2D eigenvalue weighted by Gasteiger charge is 2.12. The van der Waals surface area contributed by atoms with E-state index in [0.29, 0.717) is 10.2 Å². The van der Waals surface area contributed by atoms with Crippen LogP contribution in [0.3, 0.4) is 0 Å². The second kappa shape index (κ2) is 4.77. The van der Waals surface area contributed by atoms with Crippen molar-refractivity contribution >= 4 is 29.3 Å². The molecular weight excluding hydrogens is 264 g/mol. The Labute approximate surface area is 106 Å². The van der Waals surface area contributed by atoms with E-state index in [4.69, 9.17) is 21.1 Å². The van der Waals surface area contributed by atoms with Crippen LogP contribution < -0.4 is 0 Å². The minimum absolute atomic E-state index is 0.00689. The molecule has 0 unspecified atom stereocenters. The van der Waals surface area contributed by atoms with Crippen molar-refractivity contribution in [1.82, 2.24) is 9.97 Å². The van der Waals surface area contributed by atoms with Crippen LogP contribution in [0.2, 0.25) is 5.02 Å². The van der Waals surface area contributed by atoms with Gasteiger partial charge in [-0.15, -0.1) is 0 Å². The Bertz CT molecular complexity index is 570. The van der Waals surface area contributed by atoms with E-state index < -0.39 is 5.97 Å². The molecule has 88 valence electrons. The van der Waals surface area contributed by atoms with Crippen LogP contribution in [0.25, 0.3) is 0 Å². The molecule has 0 aliphatic rings. The van der Waals surface area contributed by atoms with Gasteiger partial charge in [-0.1, -0.05) is 11.6 Å². The van der Waals surface area contributed by atoms with Crippen LogP contribution >= 0.6 is 23.4 Å². The highest BCUT2D eigenvalue weighted by molar-refractivity contribution is 7.99. The highest BCUT2D eigenvalue weighted by atomic mass is 35.5. The molecule has 2 aromatic heterocycles. The molecule has 0 amide bonds.